The summed E-state index contributed by atoms with van der Waals surface area (Å²) in [6.07, 6.45) is 5.23. The third-order valence-electron chi connectivity index (χ3n) is 4.80. The van der Waals surface area contributed by atoms with Gasteiger partial charge in [-0.1, -0.05) is 30.3 Å². The molecule has 1 aromatic heterocycles. The van der Waals surface area contributed by atoms with Crippen molar-refractivity contribution in [2.75, 3.05) is 33.4 Å². The number of nitrogens with one attached hydrogen (secondary N) is 2. The molecule has 1 aliphatic rings. The smallest absolute Gasteiger partial charge is 0.213 e. The van der Waals surface area contributed by atoms with Gasteiger partial charge >= 0.3 is 0 Å². The molecule has 1 aliphatic heterocycles. The monoisotopic (exact) mass is 540 g/mol. The second-order valence-electron chi connectivity index (χ2n) is 7.19. The molecule has 170 valence electrons. The molecule has 31 heavy (non-hydrogen) atoms. The highest BCUT2D eigenvalue weighted by Gasteiger charge is 2.14. The molecule has 2 aromatic rings. The van der Waals surface area contributed by atoms with Gasteiger partial charge in [-0.05, 0) is 36.5 Å². The summed E-state index contributed by atoms with van der Waals surface area (Å²) in [5, 5.41) is 6.63. The normalized spacial score (nSPS) is 15.9. The van der Waals surface area contributed by atoms with Crippen molar-refractivity contribution in [3.8, 4) is 5.88 Å². The van der Waals surface area contributed by atoms with Gasteiger partial charge in [0.1, 0.15) is 6.61 Å². The second kappa shape index (κ2) is 15.0. The number of rotatable bonds is 11. The number of ether oxygens (including phenoxy) is 3. The molecular weight excluding hydrogens is 507 g/mol. The lowest BCUT2D eigenvalue weighted by Crippen LogP contribution is -2.37. The Hall–Kier alpha value is -1.91. The average Bonchev–Trinajstić information content (AvgIpc) is 3.31. The zero-order valence-electron chi connectivity index (χ0n) is 18.1. The minimum absolute atomic E-state index is 0. The van der Waals surface area contributed by atoms with Crippen LogP contribution in [-0.4, -0.2) is 50.5 Å². The molecule has 2 N–H and O–H groups in total. The average molecular weight is 540 g/mol. The number of aromatic nitrogens is 1. The molecule has 2 heterocycles. The third-order valence-corrected chi connectivity index (χ3v) is 4.80. The highest BCUT2D eigenvalue weighted by atomic mass is 127. The summed E-state index contributed by atoms with van der Waals surface area (Å²) >= 11 is 0. The van der Waals surface area contributed by atoms with Crippen LogP contribution in [0.5, 0.6) is 5.88 Å². The summed E-state index contributed by atoms with van der Waals surface area (Å²) in [6, 6.07) is 14.0. The molecule has 1 aromatic carbocycles. The number of pyridine rings is 1. The molecule has 7 nitrogen and oxygen atoms in total. The van der Waals surface area contributed by atoms with Crippen LogP contribution in [-0.2, 0) is 22.6 Å². The van der Waals surface area contributed by atoms with Crippen LogP contribution < -0.4 is 15.4 Å². The molecule has 1 unspecified atom stereocenters. The molecule has 1 atom stereocenters. The van der Waals surface area contributed by atoms with E-state index in [1.165, 1.54) is 0 Å². The molecule has 0 radical (unpaired) electrons. The van der Waals surface area contributed by atoms with Crippen LogP contribution in [0.2, 0.25) is 0 Å². The van der Waals surface area contributed by atoms with Crippen molar-refractivity contribution in [1.29, 1.82) is 0 Å². The Bertz CT molecular complexity index is 770. The Kier molecular flexibility index (Phi) is 12.3. The lowest BCUT2D eigenvalue weighted by atomic mass is 10.2. The van der Waals surface area contributed by atoms with Crippen LogP contribution in [0.1, 0.15) is 30.4 Å². The van der Waals surface area contributed by atoms with E-state index in [2.05, 4.69) is 20.6 Å². The van der Waals surface area contributed by atoms with Gasteiger partial charge in [0, 0.05) is 45.6 Å². The first-order valence-electron chi connectivity index (χ1n) is 10.6. The number of aliphatic imine (C=N–C) groups is 1. The number of guanidine groups is 1. The highest BCUT2D eigenvalue weighted by Crippen LogP contribution is 2.12. The van der Waals surface area contributed by atoms with Crippen molar-refractivity contribution in [1.82, 2.24) is 15.6 Å². The first kappa shape index (κ1) is 25.4. The van der Waals surface area contributed by atoms with Crippen LogP contribution in [0.15, 0.2) is 53.7 Å². The minimum atomic E-state index is 0. The van der Waals surface area contributed by atoms with Gasteiger partial charge in [-0.25, -0.2) is 4.98 Å². The van der Waals surface area contributed by atoms with Gasteiger partial charge in [0.15, 0.2) is 5.96 Å². The predicted octanol–water partition coefficient (Wildman–Crippen LogP) is 3.53. The lowest BCUT2D eigenvalue weighted by molar-refractivity contribution is 0.0168. The molecule has 0 aliphatic carbocycles. The molecule has 3 rings (SSSR count). The number of nitrogens with zero attached hydrogens (tertiary/aromatic N) is 2. The van der Waals surface area contributed by atoms with Crippen molar-refractivity contribution in [3.63, 3.8) is 0 Å². The maximum Gasteiger partial charge on any atom is 0.213 e. The summed E-state index contributed by atoms with van der Waals surface area (Å²) in [5.41, 5.74) is 2.20. The standard InChI is InChI=1S/C23H32N4O3.HI/c1-24-23(26-11-6-13-28-18-21-9-5-14-29-21)27-16-20-10-12-25-22(15-20)30-17-19-7-3-2-4-8-19;/h2-4,7-8,10,12,15,21H,5-6,9,11,13-14,16-18H2,1H3,(H2,24,26,27);1H. The topological polar surface area (TPSA) is 77.0 Å². The van der Waals surface area contributed by atoms with E-state index in [1.807, 2.05) is 42.5 Å². The maximum atomic E-state index is 5.80. The fraction of sp³-hybridized carbons (Fsp3) is 0.478. The number of halogens is 1. The zero-order chi connectivity index (χ0) is 20.9. The van der Waals surface area contributed by atoms with Crippen molar-refractivity contribution in [3.05, 3.63) is 59.8 Å². The highest BCUT2D eigenvalue weighted by molar-refractivity contribution is 14.0. The van der Waals surface area contributed by atoms with E-state index in [9.17, 15) is 0 Å². The van der Waals surface area contributed by atoms with Gasteiger partial charge < -0.3 is 24.8 Å². The van der Waals surface area contributed by atoms with E-state index < -0.39 is 0 Å². The van der Waals surface area contributed by atoms with Gasteiger partial charge in [-0.3, -0.25) is 4.99 Å². The van der Waals surface area contributed by atoms with Gasteiger partial charge in [-0.2, -0.15) is 0 Å². The van der Waals surface area contributed by atoms with Crippen LogP contribution in [0.25, 0.3) is 0 Å². The summed E-state index contributed by atoms with van der Waals surface area (Å²) in [5.74, 6) is 1.38. The Morgan fingerprint density at radius 3 is 2.84 bits per heavy atom. The van der Waals surface area contributed by atoms with Gasteiger partial charge in [0.2, 0.25) is 5.88 Å². The molecular formula is C23H33IN4O3. The van der Waals surface area contributed by atoms with Crippen LogP contribution in [0, 0.1) is 0 Å². The molecule has 1 saturated heterocycles. The molecule has 0 bridgehead atoms. The van der Waals surface area contributed by atoms with E-state index in [0.29, 0.717) is 25.6 Å². The van der Waals surface area contributed by atoms with Crippen LogP contribution in [0.3, 0.4) is 0 Å². The largest absolute Gasteiger partial charge is 0.473 e. The molecule has 0 saturated carbocycles. The first-order valence-corrected chi connectivity index (χ1v) is 10.6. The minimum Gasteiger partial charge on any atom is -0.473 e. The van der Waals surface area contributed by atoms with E-state index >= 15 is 0 Å². The summed E-state index contributed by atoms with van der Waals surface area (Å²) in [6.45, 7) is 4.23. The predicted molar refractivity (Wildman–Crippen MR) is 133 cm³/mol. The summed E-state index contributed by atoms with van der Waals surface area (Å²) in [7, 11) is 1.77. The van der Waals surface area contributed by atoms with E-state index in [0.717, 1.165) is 56.1 Å². The number of benzene rings is 1. The van der Waals surface area contributed by atoms with E-state index in [1.54, 1.807) is 13.2 Å². The SMILES string of the molecule is CN=C(NCCCOCC1CCCO1)NCc1ccnc(OCc2ccccc2)c1.I. The molecule has 0 spiro atoms. The Morgan fingerprint density at radius 2 is 2.06 bits per heavy atom. The Morgan fingerprint density at radius 1 is 1.19 bits per heavy atom. The van der Waals surface area contributed by atoms with Crippen LogP contribution in [0.4, 0.5) is 0 Å². The fourth-order valence-electron chi connectivity index (χ4n) is 3.15. The van der Waals surface area contributed by atoms with Gasteiger partial charge in [0.05, 0.1) is 12.7 Å². The molecule has 1 fully saturated rings. The van der Waals surface area contributed by atoms with Crippen molar-refractivity contribution >= 4 is 29.9 Å². The zero-order valence-corrected chi connectivity index (χ0v) is 20.4. The number of hydrogen-bond donors (Lipinski definition) is 2. The molecule has 0 amide bonds. The lowest BCUT2D eigenvalue weighted by Gasteiger charge is -2.13. The van der Waals surface area contributed by atoms with E-state index in [-0.39, 0.29) is 30.1 Å². The number of hydrogen-bond acceptors (Lipinski definition) is 5. The quantitative estimate of drug-likeness (QED) is 0.197. The van der Waals surface area contributed by atoms with Crippen molar-refractivity contribution < 1.29 is 14.2 Å². The van der Waals surface area contributed by atoms with Crippen molar-refractivity contribution in [2.45, 2.75) is 38.5 Å². The summed E-state index contributed by atoms with van der Waals surface area (Å²) in [4.78, 5) is 8.56. The van der Waals surface area contributed by atoms with Gasteiger partial charge in [0.25, 0.3) is 0 Å². The molecule has 8 heteroatoms. The van der Waals surface area contributed by atoms with Crippen molar-refractivity contribution in [2.24, 2.45) is 4.99 Å². The van der Waals surface area contributed by atoms with Crippen LogP contribution >= 0.6 is 24.0 Å². The Balaban J connectivity index is 0.00000341. The summed E-state index contributed by atoms with van der Waals surface area (Å²) < 4.78 is 17.0. The maximum absolute atomic E-state index is 5.80. The second-order valence-corrected chi connectivity index (χ2v) is 7.19. The van der Waals surface area contributed by atoms with E-state index in [4.69, 9.17) is 14.2 Å². The first-order chi connectivity index (χ1) is 14.8. The Labute approximate surface area is 202 Å². The fourth-order valence-corrected chi connectivity index (χ4v) is 3.15. The van der Waals surface area contributed by atoms with Gasteiger partial charge in [-0.15, -0.1) is 24.0 Å². The third kappa shape index (κ3) is 9.84.